The van der Waals surface area contributed by atoms with Gasteiger partial charge in [0, 0.05) is 24.3 Å². The van der Waals surface area contributed by atoms with Crippen LogP contribution in [0.15, 0.2) is 24.3 Å². The first-order chi connectivity index (χ1) is 14.9. The summed E-state index contributed by atoms with van der Waals surface area (Å²) in [5.41, 5.74) is 0. The van der Waals surface area contributed by atoms with Crippen LogP contribution in [-0.2, 0) is 28.6 Å². The Balaban J connectivity index is 1.90. The van der Waals surface area contributed by atoms with Gasteiger partial charge in [0.1, 0.15) is 12.2 Å². The molecular weight excluding hydrogens is 414 g/mol. The summed E-state index contributed by atoms with van der Waals surface area (Å²) in [5, 5.41) is 31.2. The molecule has 0 saturated carbocycles. The van der Waals surface area contributed by atoms with Gasteiger partial charge in [-0.2, -0.15) is 0 Å². The topological polar surface area (TPSA) is 160 Å². The van der Waals surface area contributed by atoms with Crippen molar-refractivity contribution in [3.63, 3.8) is 0 Å². The molecule has 0 aliphatic carbocycles. The lowest BCUT2D eigenvalue weighted by Gasteiger charge is -2.26. The first-order valence-electron chi connectivity index (χ1n) is 9.65. The number of carbonyl (C=O) groups is 3. The molecule has 12 heteroatoms. The van der Waals surface area contributed by atoms with E-state index in [1.165, 1.54) is 19.1 Å². The third-order valence-corrected chi connectivity index (χ3v) is 4.36. The maximum atomic E-state index is 12.6. The van der Waals surface area contributed by atoms with E-state index in [-0.39, 0.29) is 44.8 Å². The van der Waals surface area contributed by atoms with E-state index < -0.39 is 29.9 Å². The molecule has 1 aliphatic rings. The molecule has 0 fully saturated rings. The van der Waals surface area contributed by atoms with Gasteiger partial charge in [-0.05, 0) is 6.92 Å². The highest BCUT2D eigenvalue weighted by Gasteiger charge is 2.34. The quantitative estimate of drug-likeness (QED) is 0.207. The van der Waals surface area contributed by atoms with Gasteiger partial charge in [0.2, 0.25) is 5.91 Å². The first kappa shape index (κ1) is 24.3. The number of nitrogens with one attached hydrogen (secondary N) is 1. The lowest BCUT2D eigenvalue weighted by atomic mass is 10.2. The number of aromatic nitrogens is 1. The summed E-state index contributed by atoms with van der Waals surface area (Å²) in [6.07, 6.45) is 1.13. The van der Waals surface area contributed by atoms with Gasteiger partial charge in [-0.15, -0.1) is 0 Å². The second-order valence-electron chi connectivity index (χ2n) is 6.52. The van der Waals surface area contributed by atoms with Gasteiger partial charge < -0.3 is 34.8 Å². The number of carbonyl (C=O) groups excluding carboxylic acids is 3. The fourth-order valence-corrected chi connectivity index (χ4v) is 2.82. The molecule has 0 aromatic carbocycles. The summed E-state index contributed by atoms with van der Waals surface area (Å²) in [4.78, 5) is 37.0. The summed E-state index contributed by atoms with van der Waals surface area (Å²) < 4.78 is 16.9. The molecule has 1 aromatic heterocycles. The van der Waals surface area contributed by atoms with Crippen molar-refractivity contribution in [3.05, 3.63) is 24.3 Å². The van der Waals surface area contributed by atoms with Gasteiger partial charge in [-0.25, -0.2) is 0 Å². The second-order valence-corrected chi connectivity index (χ2v) is 6.52. The molecule has 3 amide bonds. The first-order valence-corrected chi connectivity index (χ1v) is 9.65. The van der Waals surface area contributed by atoms with Crippen LogP contribution < -0.4 is 5.32 Å². The van der Waals surface area contributed by atoms with Crippen LogP contribution in [0.3, 0.4) is 0 Å². The highest BCUT2D eigenvalue weighted by atomic mass is 16.5. The highest BCUT2D eigenvalue weighted by Crippen LogP contribution is 2.26. The molecule has 0 spiro atoms. The summed E-state index contributed by atoms with van der Waals surface area (Å²) in [7, 11) is 0. The van der Waals surface area contributed by atoms with Gasteiger partial charge in [-0.3, -0.25) is 23.9 Å². The van der Waals surface area contributed by atoms with E-state index in [2.05, 4.69) is 5.32 Å². The van der Waals surface area contributed by atoms with Crippen LogP contribution in [0.1, 0.15) is 13.1 Å². The Bertz CT molecular complexity index is 755. The van der Waals surface area contributed by atoms with Crippen molar-refractivity contribution >= 4 is 17.7 Å². The van der Waals surface area contributed by atoms with E-state index in [9.17, 15) is 24.6 Å². The molecule has 2 rings (SSSR count). The molecule has 1 aliphatic heterocycles. The third kappa shape index (κ3) is 6.79. The van der Waals surface area contributed by atoms with E-state index in [0.717, 1.165) is 21.6 Å². The zero-order valence-corrected chi connectivity index (χ0v) is 17.1. The molecule has 2 heterocycles. The van der Waals surface area contributed by atoms with E-state index >= 15 is 0 Å². The molecular formula is C19H27N3O9. The Hall–Kier alpha value is -2.93. The van der Waals surface area contributed by atoms with Gasteiger partial charge in [0.05, 0.1) is 46.2 Å². The van der Waals surface area contributed by atoms with Crippen LogP contribution in [0, 0.1) is 0 Å². The lowest BCUT2D eigenvalue weighted by molar-refractivity contribution is -0.145. The number of aliphatic hydroxyl groups is 1. The molecule has 0 bridgehead atoms. The number of hydrogen-bond acceptors (Lipinski definition) is 9. The lowest BCUT2D eigenvalue weighted by Crippen LogP contribution is -2.50. The minimum Gasteiger partial charge on any atom is -0.494 e. The van der Waals surface area contributed by atoms with Crippen molar-refractivity contribution in [2.24, 2.45) is 0 Å². The molecule has 2 atom stereocenters. The van der Waals surface area contributed by atoms with E-state index in [4.69, 9.17) is 19.3 Å². The number of aromatic hydroxyl groups is 2. The average molecular weight is 441 g/mol. The maximum Gasteiger partial charge on any atom is 0.254 e. The van der Waals surface area contributed by atoms with Crippen LogP contribution in [-0.4, -0.2) is 94.8 Å². The molecule has 0 saturated heterocycles. The fourth-order valence-electron chi connectivity index (χ4n) is 2.82. The Morgan fingerprint density at radius 1 is 0.968 bits per heavy atom. The molecule has 0 radical (unpaired) electrons. The van der Waals surface area contributed by atoms with E-state index in [1.54, 1.807) is 0 Å². The van der Waals surface area contributed by atoms with Crippen LogP contribution in [0.25, 0.3) is 0 Å². The average Bonchev–Trinajstić information content (AvgIpc) is 3.25. The van der Waals surface area contributed by atoms with Crippen molar-refractivity contribution in [1.29, 1.82) is 0 Å². The predicted octanol–water partition coefficient (Wildman–Crippen LogP) is -1.13. The van der Waals surface area contributed by atoms with Crippen LogP contribution in [0.2, 0.25) is 0 Å². The van der Waals surface area contributed by atoms with E-state index in [0.29, 0.717) is 13.2 Å². The van der Waals surface area contributed by atoms with Crippen molar-refractivity contribution in [2.75, 3.05) is 46.2 Å². The molecule has 2 unspecified atom stereocenters. The van der Waals surface area contributed by atoms with Crippen molar-refractivity contribution in [2.45, 2.75) is 19.1 Å². The smallest absolute Gasteiger partial charge is 0.254 e. The number of imide groups is 1. The largest absolute Gasteiger partial charge is 0.494 e. The Labute approximate surface area is 178 Å². The monoisotopic (exact) mass is 441 g/mol. The number of ether oxygens (including phenoxy) is 3. The normalized spacial score (nSPS) is 15.5. The van der Waals surface area contributed by atoms with Crippen molar-refractivity contribution < 1.29 is 43.9 Å². The zero-order valence-electron chi connectivity index (χ0n) is 17.1. The van der Waals surface area contributed by atoms with Gasteiger partial charge in [0.25, 0.3) is 11.8 Å². The van der Waals surface area contributed by atoms with Gasteiger partial charge in [0.15, 0.2) is 11.8 Å². The molecule has 172 valence electrons. The predicted molar refractivity (Wildman–Crippen MR) is 105 cm³/mol. The van der Waals surface area contributed by atoms with Crippen molar-refractivity contribution in [1.82, 2.24) is 14.8 Å². The van der Waals surface area contributed by atoms with E-state index in [1.807, 2.05) is 0 Å². The molecule has 31 heavy (non-hydrogen) atoms. The number of amides is 3. The Morgan fingerprint density at radius 2 is 1.48 bits per heavy atom. The van der Waals surface area contributed by atoms with Gasteiger partial charge >= 0.3 is 0 Å². The number of aliphatic hydroxyl groups excluding tert-OH is 1. The van der Waals surface area contributed by atoms with Crippen LogP contribution >= 0.6 is 0 Å². The number of hydrogen-bond donors (Lipinski definition) is 4. The number of nitrogens with zero attached hydrogens (tertiary/aromatic N) is 2. The molecule has 12 nitrogen and oxygen atoms in total. The SMILES string of the molecule is CC(C(=O)NC(COCCOCCOCCO)n1c(O)ccc1O)N1C(=O)C=CC1=O. The van der Waals surface area contributed by atoms with Gasteiger partial charge in [-0.1, -0.05) is 0 Å². The summed E-state index contributed by atoms with van der Waals surface area (Å²) in [6.45, 7) is 2.43. The summed E-state index contributed by atoms with van der Waals surface area (Å²) in [6, 6.07) is 1.37. The zero-order chi connectivity index (χ0) is 22.8. The maximum absolute atomic E-state index is 12.6. The molecule has 4 N–H and O–H groups in total. The standard InChI is InChI=1S/C19H27N3O9/c1-13(21-15(24)2-3-16(21)25)19(28)20-14(22-17(26)4-5-18(22)27)12-31-11-10-30-9-8-29-7-6-23/h2-5,13-14,23,26-27H,6-12H2,1H3,(H,20,28). The minimum atomic E-state index is -1.11. The Morgan fingerprint density at radius 3 is 2.03 bits per heavy atom. The minimum absolute atomic E-state index is 0.0650. The number of rotatable bonds is 14. The second kappa shape index (κ2) is 12.1. The summed E-state index contributed by atoms with van der Waals surface area (Å²) in [5.74, 6) is -2.51. The summed E-state index contributed by atoms with van der Waals surface area (Å²) >= 11 is 0. The van der Waals surface area contributed by atoms with Crippen LogP contribution in [0.5, 0.6) is 11.8 Å². The highest BCUT2D eigenvalue weighted by molar-refractivity contribution is 6.15. The third-order valence-electron chi connectivity index (χ3n) is 4.36. The fraction of sp³-hybridized carbons (Fsp3) is 0.526. The molecule has 1 aromatic rings. The van der Waals surface area contributed by atoms with Crippen molar-refractivity contribution in [3.8, 4) is 11.8 Å². The Kier molecular flexibility index (Phi) is 9.46. The van der Waals surface area contributed by atoms with Crippen LogP contribution in [0.4, 0.5) is 0 Å².